The van der Waals surface area contributed by atoms with Gasteiger partial charge in [-0.05, 0) is 56.2 Å². The van der Waals surface area contributed by atoms with E-state index in [4.69, 9.17) is 5.10 Å². The van der Waals surface area contributed by atoms with Crippen molar-refractivity contribution in [3.05, 3.63) is 47.8 Å². The number of anilines is 1. The zero-order chi connectivity index (χ0) is 23.9. The van der Waals surface area contributed by atoms with Gasteiger partial charge in [-0.1, -0.05) is 24.6 Å². The number of fused-ring (bicyclic) bond motifs is 1. The van der Waals surface area contributed by atoms with Crippen LogP contribution in [-0.2, 0) is 0 Å². The van der Waals surface area contributed by atoms with Crippen LogP contribution >= 0.6 is 0 Å². The van der Waals surface area contributed by atoms with Crippen molar-refractivity contribution >= 4 is 22.7 Å². The number of benzene rings is 1. The van der Waals surface area contributed by atoms with Gasteiger partial charge in [-0.3, -0.25) is 0 Å². The summed E-state index contributed by atoms with van der Waals surface area (Å²) in [5.74, 6) is -0.0881. The number of pyridine rings is 1. The Balaban J connectivity index is 1.36. The normalized spacial score (nSPS) is 22.1. The molecule has 1 aromatic carbocycles. The van der Waals surface area contributed by atoms with Crippen LogP contribution in [0.5, 0.6) is 0 Å². The van der Waals surface area contributed by atoms with Crippen LogP contribution < -0.4 is 4.90 Å². The van der Waals surface area contributed by atoms with Crippen LogP contribution in [0, 0.1) is 5.92 Å². The van der Waals surface area contributed by atoms with E-state index in [1.54, 1.807) is 6.07 Å². The fourth-order valence-corrected chi connectivity index (χ4v) is 5.87. The highest BCUT2D eigenvalue weighted by atomic mass is 19.1. The van der Waals surface area contributed by atoms with E-state index in [-0.39, 0.29) is 5.69 Å². The van der Waals surface area contributed by atoms with Crippen molar-refractivity contribution in [1.29, 1.82) is 0 Å². The predicted octanol–water partition coefficient (Wildman–Crippen LogP) is 4.65. The summed E-state index contributed by atoms with van der Waals surface area (Å²) in [6.07, 6.45) is 5.42. The van der Waals surface area contributed by atoms with Crippen LogP contribution in [0.15, 0.2) is 36.4 Å². The minimum atomic E-state index is -1.02. The van der Waals surface area contributed by atoms with Crippen molar-refractivity contribution in [2.24, 2.45) is 5.92 Å². The quantitative estimate of drug-likeness (QED) is 0.557. The van der Waals surface area contributed by atoms with Crippen molar-refractivity contribution in [3.63, 3.8) is 0 Å². The lowest BCUT2D eigenvalue weighted by atomic mass is 9.81. The summed E-state index contributed by atoms with van der Waals surface area (Å²) in [4.78, 5) is 21.2. The van der Waals surface area contributed by atoms with Crippen molar-refractivity contribution in [2.75, 3.05) is 37.6 Å². The molecule has 3 aromatic rings. The Bertz CT molecular complexity index is 1220. The zero-order valence-corrected chi connectivity index (χ0v) is 19.9. The monoisotopic (exact) mass is 477 g/mol. The van der Waals surface area contributed by atoms with E-state index in [1.165, 1.54) is 6.42 Å². The van der Waals surface area contributed by atoms with Gasteiger partial charge >= 0.3 is 5.97 Å². The van der Waals surface area contributed by atoms with Crippen molar-refractivity contribution in [3.8, 4) is 5.69 Å². The van der Waals surface area contributed by atoms with E-state index in [2.05, 4.69) is 14.8 Å². The highest BCUT2D eigenvalue weighted by Gasteiger charge is 2.32. The van der Waals surface area contributed by atoms with Gasteiger partial charge in [0.05, 0.1) is 22.5 Å². The number of likely N-dealkylation sites (tertiary alicyclic amines) is 1. The third kappa shape index (κ3) is 4.29. The van der Waals surface area contributed by atoms with Crippen molar-refractivity contribution in [2.45, 2.75) is 50.6 Å². The summed E-state index contributed by atoms with van der Waals surface area (Å²) in [7, 11) is 0. The van der Waals surface area contributed by atoms with Crippen LogP contribution in [0.4, 0.5) is 10.1 Å². The highest BCUT2D eigenvalue weighted by molar-refractivity contribution is 5.98. The minimum Gasteiger partial charge on any atom is -0.477 e. The fourth-order valence-electron chi connectivity index (χ4n) is 5.87. The van der Waals surface area contributed by atoms with Gasteiger partial charge in [-0.25, -0.2) is 18.9 Å². The molecule has 8 heteroatoms. The second-order valence-electron chi connectivity index (χ2n) is 10.4. The molecule has 1 N–H and O–H groups in total. The second kappa shape index (κ2) is 9.22. The average Bonchev–Trinajstić information content (AvgIpc) is 3.42. The van der Waals surface area contributed by atoms with Gasteiger partial charge in [0, 0.05) is 38.6 Å². The third-order valence-electron chi connectivity index (χ3n) is 8.04. The zero-order valence-electron chi connectivity index (χ0n) is 19.9. The standard InChI is InChI=1S/C27H32FN5O2/c28-20-11-12-31(17-20)16-18-9-13-32(14-10-18)23-15-22(27(34)35)29-26-24(23)25(19-5-4-6-19)30-33(26)21-7-2-1-3-8-21/h1-3,7-8,15,18-20H,4-6,9-14,16-17H2,(H,34,35)/t20-/m0/s1. The molecule has 2 saturated heterocycles. The Hall–Kier alpha value is -3.00. The number of alkyl halides is 1. The predicted molar refractivity (Wildman–Crippen MR) is 133 cm³/mol. The molecule has 35 heavy (non-hydrogen) atoms. The summed E-state index contributed by atoms with van der Waals surface area (Å²) < 4.78 is 15.4. The number of aromatic carboxylic acids is 1. The number of rotatable bonds is 6. The Morgan fingerprint density at radius 2 is 1.83 bits per heavy atom. The molecule has 0 amide bonds. The summed E-state index contributed by atoms with van der Waals surface area (Å²) in [5, 5.41) is 15.9. The van der Waals surface area contributed by atoms with Gasteiger partial charge in [0.15, 0.2) is 11.3 Å². The molecule has 7 nitrogen and oxygen atoms in total. The molecular weight excluding hydrogens is 445 g/mol. The minimum absolute atomic E-state index is 0.0536. The number of hydrogen-bond acceptors (Lipinski definition) is 5. The number of piperidine rings is 1. The molecular formula is C27H32FN5O2. The number of halogens is 1. The maximum atomic E-state index is 13.6. The Morgan fingerprint density at radius 1 is 1.06 bits per heavy atom. The molecule has 0 bridgehead atoms. The first kappa shape index (κ1) is 22.5. The lowest BCUT2D eigenvalue weighted by Crippen LogP contribution is -2.38. The van der Waals surface area contributed by atoms with Crippen LogP contribution in [0.25, 0.3) is 16.7 Å². The van der Waals surface area contributed by atoms with Crippen LogP contribution in [0.2, 0.25) is 0 Å². The molecule has 2 aromatic heterocycles. The maximum absolute atomic E-state index is 13.6. The molecule has 1 atom stereocenters. The van der Waals surface area contributed by atoms with Gasteiger partial charge in [0.1, 0.15) is 6.17 Å². The van der Waals surface area contributed by atoms with Crippen molar-refractivity contribution in [1.82, 2.24) is 19.7 Å². The number of carbonyl (C=O) groups is 1. The summed E-state index contributed by atoms with van der Waals surface area (Å²) >= 11 is 0. The van der Waals surface area contributed by atoms with Gasteiger partial charge in [0.25, 0.3) is 0 Å². The number of nitrogens with zero attached hydrogens (tertiary/aromatic N) is 5. The van der Waals surface area contributed by atoms with Gasteiger partial charge in [-0.15, -0.1) is 0 Å². The van der Waals surface area contributed by atoms with E-state index in [0.717, 1.165) is 74.3 Å². The van der Waals surface area contributed by atoms with E-state index >= 15 is 0 Å². The summed E-state index contributed by atoms with van der Waals surface area (Å²) in [6.45, 7) is 4.10. The van der Waals surface area contributed by atoms with Crippen LogP contribution in [-0.4, -0.2) is 69.6 Å². The largest absolute Gasteiger partial charge is 0.477 e. The first-order valence-electron chi connectivity index (χ1n) is 12.9. The molecule has 6 rings (SSSR count). The van der Waals surface area contributed by atoms with Gasteiger partial charge in [0.2, 0.25) is 0 Å². The number of para-hydroxylation sites is 1. The number of carboxylic acids is 1. The summed E-state index contributed by atoms with van der Waals surface area (Å²) in [6, 6.07) is 11.6. The van der Waals surface area contributed by atoms with Crippen LogP contribution in [0.3, 0.4) is 0 Å². The molecule has 0 spiro atoms. The molecule has 1 saturated carbocycles. The highest BCUT2D eigenvalue weighted by Crippen LogP contribution is 2.43. The molecule has 3 aliphatic rings. The fraction of sp³-hybridized carbons (Fsp3) is 0.519. The second-order valence-corrected chi connectivity index (χ2v) is 10.4. The van der Waals surface area contributed by atoms with E-state index < -0.39 is 12.1 Å². The summed E-state index contributed by atoms with van der Waals surface area (Å²) in [5.41, 5.74) is 3.56. The molecule has 1 aliphatic carbocycles. The topological polar surface area (TPSA) is 74.5 Å². The van der Waals surface area contributed by atoms with Crippen molar-refractivity contribution < 1.29 is 14.3 Å². The van der Waals surface area contributed by atoms with Gasteiger partial charge in [-0.2, -0.15) is 5.10 Å². The van der Waals surface area contributed by atoms with Gasteiger partial charge < -0.3 is 14.9 Å². The number of aromatic nitrogens is 3. The Morgan fingerprint density at radius 3 is 2.46 bits per heavy atom. The number of hydrogen-bond donors (Lipinski definition) is 1. The SMILES string of the molecule is O=C(O)c1cc(N2CCC(CN3CC[C@H](F)C3)CC2)c2c(C3CCC3)nn(-c3ccccc3)c2n1. The van der Waals surface area contributed by atoms with Crippen LogP contribution in [0.1, 0.15) is 60.6 Å². The molecule has 3 fully saturated rings. The molecule has 0 radical (unpaired) electrons. The number of carboxylic acid groups (broad SMARTS) is 1. The smallest absolute Gasteiger partial charge is 0.354 e. The van der Waals surface area contributed by atoms with E-state index in [1.807, 2.05) is 35.0 Å². The molecule has 0 unspecified atom stereocenters. The van der Waals surface area contributed by atoms with E-state index in [0.29, 0.717) is 30.4 Å². The lowest BCUT2D eigenvalue weighted by Gasteiger charge is -2.36. The maximum Gasteiger partial charge on any atom is 0.354 e. The van der Waals surface area contributed by atoms with E-state index in [9.17, 15) is 14.3 Å². The first-order valence-corrected chi connectivity index (χ1v) is 12.9. The molecule has 184 valence electrons. The Kier molecular flexibility index (Phi) is 5.92. The molecule has 2 aliphatic heterocycles. The third-order valence-corrected chi connectivity index (χ3v) is 8.04. The lowest BCUT2D eigenvalue weighted by molar-refractivity contribution is 0.0691. The Labute approximate surface area is 204 Å². The molecule has 4 heterocycles. The first-order chi connectivity index (χ1) is 17.1. The average molecular weight is 478 g/mol.